The second kappa shape index (κ2) is 4.52. The smallest absolute Gasteiger partial charge is 0.0842 e. The third-order valence-electron chi connectivity index (χ3n) is 1.69. The summed E-state index contributed by atoms with van der Waals surface area (Å²) < 4.78 is -1.01. The molecule has 1 aromatic carbocycles. The molecule has 0 radical (unpaired) electrons. The molecule has 0 aromatic heterocycles. The minimum Gasteiger partial charge on any atom is -0.0842 e. The van der Waals surface area contributed by atoms with Gasteiger partial charge in [-0.2, -0.15) is 0 Å². The number of hydrogen-bond acceptors (Lipinski definition) is 0. The van der Waals surface area contributed by atoms with Crippen molar-refractivity contribution in [2.75, 3.05) is 0 Å². The lowest BCUT2D eigenvalue weighted by Gasteiger charge is -2.17. The molecular formula is C9H8Br2Cl2. The van der Waals surface area contributed by atoms with E-state index in [9.17, 15) is 0 Å². The van der Waals surface area contributed by atoms with Crippen molar-refractivity contribution in [1.29, 1.82) is 0 Å². The van der Waals surface area contributed by atoms with Crippen LogP contribution in [0.15, 0.2) is 24.3 Å². The van der Waals surface area contributed by atoms with Gasteiger partial charge >= 0.3 is 0 Å². The Morgan fingerprint density at radius 3 is 2.23 bits per heavy atom. The van der Waals surface area contributed by atoms with Gasteiger partial charge in [-0.15, -0.1) is 0 Å². The third kappa shape index (κ3) is 3.12. The molecule has 13 heavy (non-hydrogen) atoms. The van der Waals surface area contributed by atoms with Crippen molar-refractivity contribution in [1.82, 2.24) is 0 Å². The highest BCUT2D eigenvalue weighted by atomic mass is 79.9. The summed E-state index contributed by atoms with van der Waals surface area (Å²) >= 11 is 18.6. The first-order chi connectivity index (χ1) is 5.93. The number of alkyl halides is 4. The maximum atomic E-state index is 5.97. The first-order valence-corrected chi connectivity index (χ1v) is 6.19. The van der Waals surface area contributed by atoms with Crippen LogP contribution in [0.4, 0.5) is 0 Å². The summed E-state index contributed by atoms with van der Waals surface area (Å²) in [6.07, 6.45) is 0. The van der Waals surface area contributed by atoms with Gasteiger partial charge in [0.1, 0.15) is 0 Å². The molecule has 0 aliphatic heterocycles. The molecule has 1 aromatic rings. The van der Waals surface area contributed by atoms with Gasteiger partial charge < -0.3 is 0 Å². The Morgan fingerprint density at radius 1 is 1.31 bits per heavy atom. The van der Waals surface area contributed by atoms with Gasteiger partial charge in [0.2, 0.25) is 0 Å². The minimum absolute atomic E-state index is 0.234. The summed E-state index contributed by atoms with van der Waals surface area (Å²) in [5.41, 5.74) is 1.96. The molecule has 0 bridgehead atoms. The summed E-state index contributed by atoms with van der Waals surface area (Å²) in [6.45, 7) is 2.03. The molecule has 0 saturated heterocycles. The summed E-state index contributed by atoms with van der Waals surface area (Å²) in [6, 6.07) is 7.77. The van der Waals surface area contributed by atoms with E-state index in [4.69, 9.17) is 23.2 Å². The second-order valence-corrected chi connectivity index (χ2v) is 7.50. The zero-order valence-electron chi connectivity index (χ0n) is 6.90. The van der Waals surface area contributed by atoms with Crippen LogP contribution in [0.25, 0.3) is 0 Å². The lowest BCUT2D eigenvalue weighted by Crippen LogP contribution is -2.04. The average molecular weight is 347 g/mol. The molecule has 0 spiro atoms. The number of hydrogen-bond donors (Lipinski definition) is 0. The fourth-order valence-electron chi connectivity index (χ4n) is 1.10. The van der Waals surface area contributed by atoms with E-state index in [1.165, 1.54) is 0 Å². The predicted octanol–water partition coefficient (Wildman–Crippen LogP) is 5.13. The normalized spacial score (nSPS) is 14.2. The van der Waals surface area contributed by atoms with Crippen molar-refractivity contribution in [3.63, 3.8) is 0 Å². The standard InChI is InChI=1S/C9H8Br2Cl2/c1-6(10)7-4-2-3-5-8(7)9(11,12)13/h2-6H,1H3. The van der Waals surface area contributed by atoms with Crippen LogP contribution in [0.2, 0.25) is 0 Å². The SMILES string of the molecule is CC(Br)c1ccccc1C(Cl)(Cl)Br. The van der Waals surface area contributed by atoms with Crippen molar-refractivity contribution < 1.29 is 0 Å². The highest BCUT2D eigenvalue weighted by molar-refractivity contribution is 9.10. The van der Waals surface area contributed by atoms with Crippen LogP contribution < -0.4 is 0 Å². The molecule has 0 nitrogen and oxygen atoms in total. The quantitative estimate of drug-likeness (QED) is 0.651. The van der Waals surface area contributed by atoms with E-state index in [-0.39, 0.29) is 4.83 Å². The maximum Gasteiger partial charge on any atom is 0.197 e. The van der Waals surface area contributed by atoms with E-state index in [2.05, 4.69) is 31.9 Å². The summed E-state index contributed by atoms with van der Waals surface area (Å²) in [4.78, 5) is 0.234. The van der Waals surface area contributed by atoms with E-state index in [1.807, 2.05) is 31.2 Å². The summed E-state index contributed by atoms with van der Waals surface area (Å²) in [5, 5.41) is 0. The largest absolute Gasteiger partial charge is 0.197 e. The molecular weight excluding hydrogens is 339 g/mol. The molecule has 72 valence electrons. The third-order valence-corrected chi connectivity index (χ3v) is 3.02. The molecule has 1 unspecified atom stereocenters. The fourth-order valence-corrected chi connectivity index (χ4v) is 2.21. The van der Waals surface area contributed by atoms with Crippen LogP contribution in [0.5, 0.6) is 0 Å². The Bertz CT molecular complexity index is 292. The van der Waals surface area contributed by atoms with E-state index in [1.54, 1.807) is 0 Å². The van der Waals surface area contributed by atoms with Crippen molar-refractivity contribution in [3.05, 3.63) is 35.4 Å². The van der Waals surface area contributed by atoms with Gasteiger partial charge in [0.25, 0.3) is 0 Å². The summed E-state index contributed by atoms with van der Waals surface area (Å²) in [5.74, 6) is 0. The molecule has 0 heterocycles. The van der Waals surface area contributed by atoms with Crippen LogP contribution in [0.1, 0.15) is 22.9 Å². The van der Waals surface area contributed by atoms with Gasteiger partial charge in [0.05, 0.1) is 0 Å². The number of benzene rings is 1. The molecule has 0 saturated carbocycles. The first-order valence-electron chi connectivity index (χ1n) is 3.73. The second-order valence-electron chi connectivity index (χ2n) is 2.70. The Labute approximate surface area is 105 Å². The number of rotatable bonds is 2. The monoisotopic (exact) mass is 344 g/mol. The topological polar surface area (TPSA) is 0 Å². The van der Waals surface area contributed by atoms with E-state index in [0.29, 0.717) is 0 Å². The van der Waals surface area contributed by atoms with Crippen molar-refractivity contribution >= 4 is 55.1 Å². The van der Waals surface area contributed by atoms with Crippen LogP contribution >= 0.6 is 55.1 Å². The van der Waals surface area contributed by atoms with Crippen molar-refractivity contribution in [2.45, 2.75) is 15.0 Å². The molecule has 0 amide bonds. The van der Waals surface area contributed by atoms with Gasteiger partial charge in [0, 0.05) is 10.4 Å². The van der Waals surface area contributed by atoms with Crippen LogP contribution in [-0.4, -0.2) is 0 Å². The van der Waals surface area contributed by atoms with Gasteiger partial charge in [0.15, 0.2) is 3.24 Å². The molecule has 0 aliphatic carbocycles. The highest BCUT2D eigenvalue weighted by Gasteiger charge is 2.25. The lowest BCUT2D eigenvalue weighted by atomic mass is 10.1. The zero-order valence-corrected chi connectivity index (χ0v) is 11.6. The molecule has 4 heteroatoms. The predicted molar refractivity (Wildman–Crippen MR) is 66.1 cm³/mol. The van der Waals surface area contributed by atoms with Gasteiger partial charge in [-0.05, 0) is 28.4 Å². The van der Waals surface area contributed by atoms with Gasteiger partial charge in [-0.25, -0.2) is 0 Å². The first kappa shape index (κ1) is 11.8. The zero-order chi connectivity index (χ0) is 10.1. The molecule has 0 fully saturated rings. The number of halogens is 4. The Balaban J connectivity index is 3.20. The highest BCUT2D eigenvalue weighted by Crippen LogP contribution is 2.44. The maximum absolute atomic E-state index is 5.97. The van der Waals surface area contributed by atoms with E-state index < -0.39 is 3.24 Å². The van der Waals surface area contributed by atoms with E-state index >= 15 is 0 Å². The molecule has 0 N–H and O–H groups in total. The van der Waals surface area contributed by atoms with Gasteiger partial charge in [-0.3, -0.25) is 0 Å². The Hall–Kier alpha value is 0.760. The van der Waals surface area contributed by atoms with Crippen molar-refractivity contribution in [2.24, 2.45) is 0 Å². The van der Waals surface area contributed by atoms with Crippen LogP contribution in [0.3, 0.4) is 0 Å². The molecule has 1 atom stereocenters. The lowest BCUT2D eigenvalue weighted by molar-refractivity contribution is 1.07. The van der Waals surface area contributed by atoms with Gasteiger partial charge in [-0.1, -0.05) is 63.4 Å². The molecule has 1 rings (SSSR count). The van der Waals surface area contributed by atoms with Crippen molar-refractivity contribution in [3.8, 4) is 0 Å². The Morgan fingerprint density at radius 2 is 1.85 bits per heavy atom. The summed E-state index contributed by atoms with van der Waals surface area (Å²) in [7, 11) is 0. The van der Waals surface area contributed by atoms with E-state index in [0.717, 1.165) is 11.1 Å². The average Bonchev–Trinajstić information content (AvgIpc) is 2.03. The molecule has 0 aliphatic rings. The van der Waals surface area contributed by atoms with Crippen LogP contribution in [0, 0.1) is 0 Å². The minimum atomic E-state index is -1.01. The van der Waals surface area contributed by atoms with Crippen LogP contribution in [-0.2, 0) is 3.24 Å². The fraction of sp³-hybridized carbons (Fsp3) is 0.333. The Kier molecular flexibility index (Phi) is 4.11.